The van der Waals surface area contributed by atoms with Gasteiger partial charge < -0.3 is 0 Å². The molecule has 0 N–H and O–H groups in total. The molecule has 0 saturated heterocycles. The Morgan fingerprint density at radius 1 is 1.00 bits per heavy atom. The van der Waals surface area contributed by atoms with Gasteiger partial charge in [0.1, 0.15) is 0 Å². The Morgan fingerprint density at radius 3 is 2.12 bits per heavy atom. The summed E-state index contributed by atoms with van der Waals surface area (Å²) in [6.07, 6.45) is 5.60. The molecule has 3 unspecified atom stereocenters. The average Bonchev–Trinajstić information content (AvgIpc) is 3.03. The van der Waals surface area contributed by atoms with Crippen LogP contribution in [0, 0.1) is 17.8 Å². The topological polar surface area (TPSA) is 0 Å². The Morgan fingerprint density at radius 2 is 1.56 bits per heavy atom. The Bertz CT molecular complexity index is 359. The van der Waals surface area contributed by atoms with Gasteiger partial charge in [0, 0.05) is 5.02 Å². The van der Waals surface area contributed by atoms with Crippen molar-refractivity contribution in [1.82, 2.24) is 0 Å². The van der Waals surface area contributed by atoms with Gasteiger partial charge in [0.2, 0.25) is 0 Å². The molecule has 3 rings (SSSR count). The SMILES string of the molecule is Clc1ccc(C(Cl)C2C3CCCCC32)cc1. The van der Waals surface area contributed by atoms with Crippen molar-refractivity contribution in [3.05, 3.63) is 34.9 Å². The van der Waals surface area contributed by atoms with E-state index in [2.05, 4.69) is 12.1 Å². The molecule has 0 spiro atoms. The Kier molecular flexibility index (Phi) is 2.89. The highest BCUT2D eigenvalue weighted by molar-refractivity contribution is 6.30. The first-order chi connectivity index (χ1) is 7.77. The van der Waals surface area contributed by atoms with Crippen LogP contribution in [0.3, 0.4) is 0 Å². The van der Waals surface area contributed by atoms with Crippen molar-refractivity contribution < 1.29 is 0 Å². The Labute approximate surface area is 107 Å². The number of hydrogen-bond donors (Lipinski definition) is 0. The summed E-state index contributed by atoms with van der Waals surface area (Å²) < 4.78 is 0. The molecule has 2 fully saturated rings. The number of rotatable bonds is 2. The van der Waals surface area contributed by atoms with Gasteiger partial charge in [-0.25, -0.2) is 0 Å². The van der Waals surface area contributed by atoms with Gasteiger partial charge in [0.15, 0.2) is 0 Å². The molecule has 0 heterocycles. The molecule has 2 aliphatic rings. The quantitative estimate of drug-likeness (QED) is 0.648. The van der Waals surface area contributed by atoms with Gasteiger partial charge >= 0.3 is 0 Å². The molecular weight excluding hydrogens is 239 g/mol. The Balaban J connectivity index is 1.74. The van der Waals surface area contributed by atoms with Gasteiger partial charge in [-0.3, -0.25) is 0 Å². The highest BCUT2D eigenvalue weighted by Gasteiger charge is 2.53. The maximum Gasteiger partial charge on any atom is 0.0618 e. The van der Waals surface area contributed by atoms with Crippen molar-refractivity contribution >= 4 is 23.2 Å². The van der Waals surface area contributed by atoms with E-state index in [1.807, 2.05) is 12.1 Å². The summed E-state index contributed by atoms with van der Waals surface area (Å²) in [5, 5.41) is 0.992. The summed E-state index contributed by atoms with van der Waals surface area (Å²) in [5.74, 6) is 2.55. The van der Waals surface area contributed by atoms with Gasteiger partial charge in [-0.15, -0.1) is 11.6 Å². The van der Waals surface area contributed by atoms with Crippen LogP contribution in [-0.4, -0.2) is 0 Å². The molecule has 16 heavy (non-hydrogen) atoms. The first-order valence-corrected chi connectivity index (χ1v) is 6.98. The second-order valence-electron chi connectivity index (χ2n) is 5.14. The van der Waals surface area contributed by atoms with Gasteiger partial charge in [0.25, 0.3) is 0 Å². The molecule has 0 amide bonds. The smallest absolute Gasteiger partial charge is 0.0618 e. The van der Waals surface area contributed by atoms with Gasteiger partial charge in [0.05, 0.1) is 5.38 Å². The molecule has 0 radical (unpaired) electrons. The minimum absolute atomic E-state index is 0.199. The molecule has 86 valence electrons. The number of halogens is 2. The third-order valence-corrected chi connectivity index (χ3v) is 5.04. The van der Waals surface area contributed by atoms with Crippen molar-refractivity contribution in [3.63, 3.8) is 0 Å². The predicted octanol–water partition coefficient (Wildman–Crippen LogP) is 5.06. The van der Waals surface area contributed by atoms with E-state index in [0.717, 1.165) is 22.8 Å². The zero-order chi connectivity index (χ0) is 11.1. The highest BCUT2D eigenvalue weighted by Crippen LogP contribution is 2.62. The summed E-state index contributed by atoms with van der Waals surface area (Å²) in [4.78, 5) is 0. The van der Waals surface area contributed by atoms with E-state index in [9.17, 15) is 0 Å². The van der Waals surface area contributed by atoms with Crippen molar-refractivity contribution in [1.29, 1.82) is 0 Å². The lowest BCUT2D eigenvalue weighted by atomic mass is 10.0. The largest absolute Gasteiger partial charge is 0.117 e. The summed E-state index contributed by atoms with van der Waals surface area (Å²) in [6.45, 7) is 0. The van der Waals surface area contributed by atoms with E-state index in [1.54, 1.807) is 0 Å². The van der Waals surface area contributed by atoms with Crippen LogP contribution in [0.1, 0.15) is 36.6 Å². The lowest BCUT2D eigenvalue weighted by Crippen LogP contribution is -1.95. The number of fused-ring (bicyclic) bond motifs is 1. The maximum atomic E-state index is 6.59. The number of alkyl halides is 1. The van der Waals surface area contributed by atoms with Crippen LogP contribution in [0.5, 0.6) is 0 Å². The van der Waals surface area contributed by atoms with E-state index in [-0.39, 0.29) is 5.38 Å². The van der Waals surface area contributed by atoms with Crippen molar-refractivity contribution in [3.8, 4) is 0 Å². The van der Waals surface area contributed by atoms with E-state index >= 15 is 0 Å². The summed E-state index contributed by atoms with van der Waals surface area (Å²) >= 11 is 12.5. The van der Waals surface area contributed by atoms with Crippen molar-refractivity contribution in [2.75, 3.05) is 0 Å². The molecule has 0 bridgehead atoms. The standard InChI is InChI=1S/C14H16Cl2/c15-10-7-5-9(6-8-10)14(16)13-11-3-1-2-4-12(11)13/h5-8,11-14H,1-4H2. The van der Waals surface area contributed by atoms with Crippen LogP contribution in [0.15, 0.2) is 24.3 Å². The molecule has 1 aromatic rings. The van der Waals surface area contributed by atoms with E-state index in [0.29, 0.717) is 0 Å². The molecule has 3 atom stereocenters. The molecule has 1 aromatic carbocycles. The molecule has 0 aliphatic heterocycles. The first-order valence-electron chi connectivity index (χ1n) is 6.17. The maximum absolute atomic E-state index is 6.59. The molecule has 2 heteroatoms. The molecular formula is C14H16Cl2. The summed E-state index contributed by atoms with van der Waals surface area (Å²) in [6, 6.07) is 8.03. The third-order valence-electron chi connectivity index (χ3n) is 4.25. The predicted molar refractivity (Wildman–Crippen MR) is 69.0 cm³/mol. The van der Waals surface area contributed by atoms with Gasteiger partial charge in [-0.1, -0.05) is 36.6 Å². The monoisotopic (exact) mass is 254 g/mol. The average molecular weight is 255 g/mol. The van der Waals surface area contributed by atoms with Crippen LogP contribution < -0.4 is 0 Å². The van der Waals surface area contributed by atoms with Crippen LogP contribution in [0.4, 0.5) is 0 Å². The normalized spacial score (nSPS) is 34.2. The highest BCUT2D eigenvalue weighted by atomic mass is 35.5. The molecule has 0 aromatic heterocycles. The number of hydrogen-bond acceptors (Lipinski definition) is 0. The molecule has 2 saturated carbocycles. The fourth-order valence-electron chi connectivity index (χ4n) is 3.35. The van der Waals surface area contributed by atoms with Crippen molar-refractivity contribution in [2.45, 2.75) is 31.1 Å². The third kappa shape index (κ3) is 1.87. The van der Waals surface area contributed by atoms with Crippen LogP contribution >= 0.6 is 23.2 Å². The van der Waals surface area contributed by atoms with Crippen LogP contribution in [0.25, 0.3) is 0 Å². The fraction of sp³-hybridized carbons (Fsp3) is 0.571. The lowest BCUT2D eigenvalue weighted by molar-refractivity contribution is 0.480. The molecule has 0 nitrogen and oxygen atoms in total. The van der Waals surface area contributed by atoms with Gasteiger partial charge in [-0.2, -0.15) is 0 Å². The van der Waals surface area contributed by atoms with Crippen molar-refractivity contribution in [2.24, 2.45) is 17.8 Å². The van der Waals surface area contributed by atoms with Crippen LogP contribution in [-0.2, 0) is 0 Å². The minimum atomic E-state index is 0.199. The second-order valence-corrected chi connectivity index (χ2v) is 6.05. The van der Waals surface area contributed by atoms with Gasteiger partial charge in [-0.05, 0) is 48.3 Å². The minimum Gasteiger partial charge on any atom is -0.117 e. The zero-order valence-corrected chi connectivity index (χ0v) is 10.7. The van der Waals surface area contributed by atoms with E-state index in [4.69, 9.17) is 23.2 Å². The number of benzene rings is 1. The van der Waals surface area contributed by atoms with Crippen LogP contribution in [0.2, 0.25) is 5.02 Å². The Hall–Kier alpha value is -0.200. The van der Waals surface area contributed by atoms with E-state index in [1.165, 1.54) is 31.2 Å². The zero-order valence-electron chi connectivity index (χ0n) is 9.20. The summed E-state index contributed by atoms with van der Waals surface area (Å²) in [7, 11) is 0. The summed E-state index contributed by atoms with van der Waals surface area (Å²) in [5.41, 5.74) is 1.24. The fourth-order valence-corrected chi connectivity index (χ4v) is 4.00. The second kappa shape index (κ2) is 4.23. The molecule has 2 aliphatic carbocycles. The van der Waals surface area contributed by atoms with E-state index < -0.39 is 0 Å². The first kappa shape index (κ1) is 10.9. The lowest BCUT2D eigenvalue weighted by Gasteiger charge is -2.09.